The molecule has 2 aliphatic heterocycles. The topological polar surface area (TPSA) is 61.4 Å². The van der Waals surface area contributed by atoms with Gasteiger partial charge < -0.3 is 15.5 Å². The van der Waals surface area contributed by atoms with Gasteiger partial charge in [0, 0.05) is 17.6 Å². The first kappa shape index (κ1) is 18.5. The summed E-state index contributed by atoms with van der Waals surface area (Å²) in [4.78, 5) is 28.2. The maximum atomic E-state index is 13.5. The predicted octanol–water partition coefficient (Wildman–Crippen LogP) is 3.87. The zero-order valence-electron chi connectivity index (χ0n) is 16.2. The second kappa shape index (κ2) is 7.06. The van der Waals surface area contributed by atoms with Crippen LogP contribution in [0.1, 0.15) is 37.7 Å². The Kier molecular flexibility index (Phi) is 4.50. The molecule has 2 unspecified atom stereocenters. The summed E-state index contributed by atoms with van der Waals surface area (Å²) in [5, 5.41) is 6.96. The van der Waals surface area contributed by atoms with Crippen LogP contribution in [0.2, 0.25) is 5.02 Å². The molecule has 5 rings (SSSR count). The number of hydrogen-bond acceptors (Lipinski definition) is 3. The fourth-order valence-electron chi connectivity index (χ4n) is 5.22. The Morgan fingerprint density at radius 1 is 1.10 bits per heavy atom. The van der Waals surface area contributed by atoms with Crippen LogP contribution in [-0.4, -0.2) is 30.4 Å². The van der Waals surface area contributed by atoms with Gasteiger partial charge in [0.25, 0.3) is 0 Å². The second-order valence-corrected chi connectivity index (χ2v) is 8.81. The van der Waals surface area contributed by atoms with Gasteiger partial charge in [0.1, 0.15) is 6.04 Å². The van der Waals surface area contributed by atoms with Gasteiger partial charge in [-0.25, -0.2) is 0 Å². The highest BCUT2D eigenvalue weighted by Crippen LogP contribution is 2.42. The number of amides is 2. The zero-order chi connectivity index (χ0) is 20.0. The molecule has 0 bridgehead atoms. The molecule has 1 saturated carbocycles. The van der Waals surface area contributed by atoms with Crippen LogP contribution in [0, 0.1) is 0 Å². The lowest BCUT2D eigenvalue weighted by molar-refractivity contribution is -0.127. The van der Waals surface area contributed by atoms with Crippen LogP contribution in [0.4, 0.5) is 11.4 Å². The summed E-state index contributed by atoms with van der Waals surface area (Å²) in [5.74, 6) is 0.0876. The molecule has 0 spiro atoms. The Bertz CT molecular complexity index is 953. The number of hydrogen-bond donors (Lipinski definition) is 2. The third-order valence-electron chi connectivity index (χ3n) is 6.70. The van der Waals surface area contributed by atoms with Crippen LogP contribution < -0.4 is 15.5 Å². The Balaban J connectivity index is 1.37. The number of carbonyl (C=O) groups is 2. The number of rotatable bonds is 3. The highest BCUT2D eigenvalue weighted by atomic mass is 35.5. The summed E-state index contributed by atoms with van der Waals surface area (Å²) in [6, 6.07) is 15.3. The summed E-state index contributed by atoms with van der Waals surface area (Å²) in [6.45, 7) is 0.650. The van der Waals surface area contributed by atoms with E-state index in [2.05, 4.69) is 15.5 Å². The first-order valence-electron chi connectivity index (χ1n) is 10.3. The van der Waals surface area contributed by atoms with Crippen LogP contribution in [0.15, 0.2) is 48.5 Å². The number of fused-ring (bicyclic) bond motifs is 3. The molecule has 3 aliphatic rings. The normalized spacial score (nSPS) is 24.6. The van der Waals surface area contributed by atoms with E-state index < -0.39 is 5.41 Å². The molecule has 2 fully saturated rings. The predicted molar refractivity (Wildman–Crippen MR) is 114 cm³/mol. The number of nitrogens with one attached hydrogen (secondary N) is 2. The standard InChI is InChI=1S/C23H24ClN3O2/c24-16-9-7-15(8-10-16)23(11-3-4-12-23)22(29)25-17-13-20-21(28)26-18-5-1-2-6-19(18)27(20)14-17/h1-2,5-10,17,20H,3-4,11-14H2,(H,25,29)(H,26,28). The van der Waals surface area contributed by atoms with Gasteiger partial charge in [-0.3, -0.25) is 9.59 Å². The second-order valence-electron chi connectivity index (χ2n) is 8.38. The minimum absolute atomic E-state index is 0.00808. The molecule has 150 valence electrons. The fourth-order valence-corrected chi connectivity index (χ4v) is 5.35. The molecular formula is C23H24ClN3O2. The van der Waals surface area contributed by atoms with Gasteiger partial charge in [0.05, 0.1) is 16.8 Å². The number of anilines is 2. The molecule has 2 amide bonds. The van der Waals surface area contributed by atoms with Crippen molar-refractivity contribution in [2.75, 3.05) is 16.8 Å². The maximum absolute atomic E-state index is 13.5. The van der Waals surface area contributed by atoms with Crippen molar-refractivity contribution in [3.05, 3.63) is 59.1 Å². The van der Waals surface area contributed by atoms with Crippen LogP contribution in [-0.2, 0) is 15.0 Å². The van der Waals surface area contributed by atoms with Gasteiger partial charge in [-0.15, -0.1) is 0 Å². The monoisotopic (exact) mass is 409 g/mol. The average molecular weight is 410 g/mol. The van der Waals surface area contributed by atoms with Crippen molar-refractivity contribution in [2.24, 2.45) is 0 Å². The summed E-state index contributed by atoms with van der Waals surface area (Å²) in [6.07, 6.45) is 4.42. The van der Waals surface area contributed by atoms with Crippen LogP contribution >= 0.6 is 11.6 Å². The molecule has 0 radical (unpaired) electrons. The number of halogens is 1. The van der Waals surface area contributed by atoms with Crippen molar-refractivity contribution in [1.29, 1.82) is 0 Å². The first-order valence-corrected chi connectivity index (χ1v) is 10.7. The summed E-state index contributed by atoms with van der Waals surface area (Å²) >= 11 is 6.06. The number of benzene rings is 2. The van der Waals surface area contributed by atoms with Gasteiger partial charge >= 0.3 is 0 Å². The lowest BCUT2D eigenvalue weighted by Gasteiger charge is -2.32. The summed E-state index contributed by atoms with van der Waals surface area (Å²) < 4.78 is 0. The van der Waals surface area contributed by atoms with Crippen molar-refractivity contribution in [3.8, 4) is 0 Å². The van der Waals surface area contributed by atoms with E-state index in [1.54, 1.807) is 0 Å². The van der Waals surface area contributed by atoms with Crippen LogP contribution in [0.5, 0.6) is 0 Å². The van der Waals surface area contributed by atoms with Crippen molar-refractivity contribution in [3.63, 3.8) is 0 Å². The first-order chi connectivity index (χ1) is 14.1. The SMILES string of the molecule is O=C1Nc2ccccc2N2CC(NC(=O)C3(c4ccc(Cl)cc4)CCCC3)CC12. The average Bonchev–Trinajstić information content (AvgIpc) is 3.37. The van der Waals surface area contributed by atoms with Crippen LogP contribution in [0.25, 0.3) is 0 Å². The molecule has 2 atom stereocenters. The highest BCUT2D eigenvalue weighted by Gasteiger charge is 2.46. The lowest BCUT2D eigenvalue weighted by Crippen LogP contribution is -2.47. The summed E-state index contributed by atoms with van der Waals surface area (Å²) in [5.41, 5.74) is 2.42. The minimum Gasteiger partial charge on any atom is -0.356 e. The molecule has 0 aromatic heterocycles. The Hall–Kier alpha value is -2.53. The van der Waals surface area contributed by atoms with Gasteiger partial charge in [-0.1, -0.05) is 48.7 Å². The molecule has 2 heterocycles. The van der Waals surface area contributed by atoms with E-state index in [-0.39, 0.29) is 23.9 Å². The van der Waals surface area contributed by atoms with Crippen molar-refractivity contribution < 1.29 is 9.59 Å². The molecular weight excluding hydrogens is 386 g/mol. The van der Waals surface area contributed by atoms with Crippen LogP contribution in [0.3, 0.4) is 0 Å². The molecule has 6 heteroatoms. The zero-order valence-corrected chi connectivity index (χ0v) is 16.9. The van der Waals surface area contributed by atoms with E-state index in [1.165, 1.54) is 0 Å². The van der Waals surface area contributed by atoms with Gasteiger partial charge in [-0.05, 0) is 49.1 Å². The maximum Gasteiger partial charge on any atom is 0.247 e. The fraction of sp³-hybridized carbons (Fsp3) is 0.391. The lowest BCUT2D eigenvalue weighted by atomic mass is 9.78. The van der Waals surface area contributed by atoms with Crippen molar-refractivity contribution in [2.45, 2.75) is 49.6 Å². The molecule has 29 heavy (non-hydrogen) atoms. The molecule has 2 N–H and O–H groups in total. The molecule has 1 aliphatic carbocycles. The van der Waals surface area contributed by atoms with Gasteiger partial charge in [0.2, 0.25) is 11.8 Å². The Morgan fingerprint density at radius 2 is 1.83 bits per heavy atom. The molecule has 5 nitrogen and oxygen atoms in total. The third-order valence-corrected chi connectivity index (χ3v) is 6.95. The minimum atomic E-state index is -0.492. The summed E-state index contributed by atoms with van der Waals surface area (Å²) in [7, 11) is 0. The van der Waals surface area contributed by atoms with Gasteiger partial charge in [-0.2, -0.15) is 0 Å². The number of nitrogens with zero attached hydrogens (tertiary/aromatic N) is 1. The van der Waals surface area contributed by atoms with E-state index >= 15 is 0 Å². The van der Waals surface area contributed by atoms with Crippen molar-refractivity contribution in [1.82, 2.24) is 5.32 Å². The van der Waals surface area contributed by atoms with E-state index in [4.69, 9.17) is 11.6 Å². The molecule has 2 aromatic carbocycles. The number of para-hydroxylation sites is 2. The van der Waals surface area contributed by atoms with Crippen molar-refractivity contribution >= 4 is 34.8 Å². The molecule has 1 saturated heterocycles. The largest absolute Gasteiger partial charge is 0.356 e. The number of carbonyl (C=O) groups excluding carboxylic acids is 2. The Morgan fingerprint density at radius 3 is 2.59 bits per heavy atom. The smallest absolute Gasteiger partial charge is 0.247 e. The van der Waals surface area contributed by atoms with Gasteiger partial charge in [0.15, 0.2) is 0 Å². The van der Waals surface area contributed by atoms with E-state index in [0.717, 1.165) is 42.6 Å². The van der Waals surface area contributed by atoms with E-state index in [9.17, 15) is 9.59 Å². The highest BCUT2D eigenvalue weighted by molar-refractivity contribution is 6.30. The van der Waals surface area contributed by atoms with E-state index in [0.29, 0.717) is 18.0 Å². The quantitative estimate of drug-likeness (QED) is 0.809. The Labute approximate surface area is 175 Å². The third kappa shape index (κ3) is 3.08. The van der Waals surface area contributed by atoms with E-state index in [1.807, 2.05) is 48.5 Å². The molecule has 2 aromatic rings.